The predicted molar refractivity (Wildman–Crippen MR) is 112 cm³/mol. The molecule has 0 amide bonds. The third-order valence-corrected chi connectivity index (χ3v) is 4.13. The summed E-state index contributed by atoms with van der Waals surface area (Å²) in [6.45, 7) is 9.40. The number of fused-ring (bicyclic) bond motifs is 1. The number of aromatic nitrogens is 6. The highest BCUT2D eigenvalue weighted by atomic mass is 15.1. The van der Waals surface area contributed by atoms with E-state index in [0.29, 0.717) is 6.54 Å². The van der Waals surface area contributed by atoms with Crippen molar-refractivity contribution >= 4 is 17.0 Å². The zero-order valence-corrected chi connectivity index (χ0v) is 16.7. The lowest BCUT2D eigenvalue weighted by Crippen LogP contribution is -2.05. The van der Waals surface area contributed by atoms with Crippen LogP contribution in [0.4, 0.5) is 5.82 Å². The zero-order valence-electron chi connectivity index (χ0n) is 16.7. The lowest BCUT2D eigenvalue weighted by atomic mass is 10.2. The first-order valence-corrected chi connectivity index (χ1v) is 9.54. The van der Waals surface area contributed by atoms with Crippen molar-refractivity contribution in [2.24, 2.45) is 0 Å². The van der Waals surface area contributed by atoms with Gasteiger partial charge in [0.25, 0.3) is 0 Å². The van der Waals surface area contributed by atoms with Crippen LogP contribution in [0.15, 0.2) is 49.1 Å². The highest BCUT2D eigenvalue weighted by molar-refractivity contribution is 5.83. The largest absolute Gasteiger partial charge is 0.364 e. The summed E-state index contributed by atoms with van der Waals surface area (Å²) in [6.07, 6.45) is 5.42. The summed E-state index contributed by atoms with van der Waals surface area (Å²) in [5, 5.41) is 3.36. The molecule has 0 aromatic carbocycles. The molecule has 144 valence electrons. The zero-order chi connectivity index (χ0) is 19.9. The SMILES string of the molecule is CC.CCn1cnc2c(NCc3ccc(-c4ccccn4)nc3)nc(C)nc21. The van der Waals surface area contributed by atoms with Crippen LogP contribution >= 0.6 is 0 Å². The molecular formula is C21H25N7. The third kappa shape index (κ3) is 4.14. The van der Waals surface area contributed by atoms with E-state index in [-0.39, 0.29) is 0 Å². The quantitative estimate of drug-likeness (QED) is 0.561. The van der Waals surface area contributed by atoms with Gasteiger partial charge < -0.3 is 9.88 Å². The fourth-order valence-corrected chi connectivity index (χ4v) is 2.79. The van der Waals surface area contributed by atoms with Gasteiger partial charge in [-0.05, 0) is 37.6 Å². The van der Waals surface area contributed by atoms with Crippen LogP contribution in [-0.2, 0) is 13.1 Å². The minimum absolute atomic E-state index is 0.611. The van der Waals surface area contributed by atoms with Gasteiger partial charge in [0.05, 0.1) is 17.7 Å². The second kappa shape index (κ2) is 9.03. The molecule has 0 bridgehead atoms. The minimum Gasteiger partial charge on any atom is -0.364 e. The summed E-state index contributed by atoms with van der Waals surface area (Å²) in [4.78, 5) is 22.3. The Hall–Kier alpha value is -3.35. The lowest BCUT2D eigenvalue weighted by molar-refractivity contribution is 0.775. The molecule has 0 spiro atoms. The van der Waals surface area contributed by atoms with Gasteiger partial charge in [0.2, 0.25) is 0 Å². The molecule has 0 fully saturated rings. The molecule has 7 heteroatoms. The molecule has 28 heavy (non-hydrogen) atoms. The Balaban J connectivity index is 0.00000109. The van der Waals surface area contributed by atoms with E-state index in [4.69, 9.17) is 0 Å². The lowest BCUT2D eigenvalue weighted by Gasteiger charge is -2.08. The molecule has 0 aliphatic heterocycles. The maximum absolute atomic E-state index is 4.50. The van der Waals surface area contributed by atoms with E-state index < -0.39 is 0 Å². The normalized spacial score (nSPS) is 10.4. The Morgan fingerprint density at radius 3 is 2.46 bits per heavy atom. The van der Waals surface area contributed by atoms with E-state index in [2.05, 4.69) is 37.2 Å². The first kappa shape index (κ1) is 19.4. The number of aryl methyl sites for hydroxylation is 2. The van der Waals surface area contributed by atoms with Crippen LogP contribution in [0, 0.1) is 6.92 Å². The highest BCUT2D eigenvalue weighted by Gasteiger charge is 2.11. The van der Waals surface area contributed by atoms with Gasteiger partial charge in [-0.25, -0.2) is 15.0 Å². The van der Waals surface area contributed by atoms with Crippen LogP contribution in [0.2, 0.25) is 0 Å². The van der Waals surface area contributed by atoms with E-state index >= 15 is 0 Å². The molecule has 4 heterocycles. The standard InChI is InChI=1S/C19H19N7.C2H6/c1-3-26-12-23-17-18(24-13(2)25-19(17)26)22-11-14-7-8-16(21-10-14)15-6-4-5-9-20-15;1-2/h4-10,12H,3,11H2,1-2H3,(H,22,24,25);1-2H3. The average Bonchev–Trinajstić information content (AvgIpc) is 3.17. The number of hydrogen-bond acceptors (Lipinski definition) is 6. The van der Waals surface area contributed by atoms with Gasteiger partial charge in [0.15, 0.2) is 11.5 Å². The third-order valence-electron chi connectivity index (χ3n) is 4.13. The van der Waals surface area contributed by atoms with Gasteiger partial charge in [0.1, 0.15) is 11.3 Å². The smallest absolute Gasteiger partial charge is 0.165 e. The highest BCUT2D eigenvalue weighted by Crippen LogP contribution is 2.20. The number of anilines is 1. The molecule has 0 radical (unpaired) electrons. The molecular weight excluding hydrogens is 350 g/mol. The van der Waals surface area contributed by atoms with Crippen molar-refractivity contribution in [2.75, 3.05) is 5.32 Å². The van der Waals surface area contributed by atoms with Gasteiger partial charge in [-0.1, -0.05) is 26.0 Å². The van der Waals surface area contributed by atoms with Crippen LogP contribution in [0.1, 0.15) is 32.2 Å². The number of imidazole rings is 1. The molecule has 0 saturated heterocycles. The van der Waals surface area contributed by atoms with Gasteiger partial charge in [0, 0.05) is 25.5 Å². The summed E-state index contributed by atoms with van der Waals surface area (Å²) in [6, 6.07) is 9.82. The Bertz CT molecular complexity index is 1020. The van der Waals surface area contributed by atoms with Gasteiger partial charge in [-0.15, -0.1) is 0 Å². The van der Waals surface area contributed by atoms with Crippen LogP contribution in [0.3, 0.4) is 0 Å². The molecule has 0 unspecified atom stereocenters. The topological polar surface area (TPSA) is 81.4 Å². The van der Waals surface area contributed by atoms with Crippen molar-refractivity contribution in [3.63, 3.8) is 0 Å². The molecule has 0 atom stereocenters. The molecule has 0 aliphatic carbocycles. The van der Waals surface area contributed by atoms with Crippen LogP contribution in [-0.4, -0.2) is 29.5 Å². The number of hydrogen-bond donors (Lipinski definition) is 1. The summed E-state index contributed by atoms with van der Waals surface area (Å²) in [7, 11) is 0. The number of pyridine rings is 2. The van der Waals surface area contributed by atoms with Crippen molar-refractivity contribution in [1.82, 2.24) is 29.5 Å². The summed E-state index contributed by atoms with van der Waals surface area (Å²) >= 11 is 0. The molecule has 0 aliphatic rings. The summed E-state index contributed by atoms with van der Waals surface area (Å²) in [5.41, 5.74) is 4.42. The monoisotopic (exact) mass is 375 g/mol. The average molecular weight is 375 g/mol. The molecule has 4 aromatic heterocycles. The van der Waals surface area contributed by atoms with Crippen LogP contribution in [0.25, 0.3) is 22.6 Å². The van der Waals surface area contributed by atoms with Crippen LogP contribution in [0.5, 0.6) is 0 Å². The van der Waals surface area contributed by atoms with Crippen LogP contribution < -0.4 is 5.32 Å². The summed E-state index contributed by atoms with van der Waals surface area (Å²) in [5.74, 6) is 1.47. The predicted octanol–water partition coefficient (Wildman–Crippen LogP) is 4.25. The Kier molecular flexibility index (Phi) is 6.26. The molecule has 0 saturated carbocycles. The Morgan fingerprint density at radius 2 is 1.79 bits per heavy atom. The van der Waals surface area contributed by atoms with Gasteiger partial charge in [-0.2, -0.15) is 0 Å². The van der Waals surface area contributed by atoms with E-state index in [1.165, 1.54) is 0 Å². The van der Waals surface area contributed by atoms with E-state index in [9.17, 15) is 0 Å². The maximum Gasteiger partial charge on any atom is 0.165 e. The van der Waals surface area contributed by atoms with Crippen molar-refractivity contribution in [2.45, 2.75) is 40.8 Å². The second-order valence-corrected chi connectivity index (χ2v) is 5.94. The van der Waals surface area contributed by atoms with E-state index in [0.717, 1.165) is 46.3 Å². The van der Waals surface area contributed by atoms with Crippen molar-refractivity contribution < 1.29 is 0 Å². The first-order chi connectivity index (χ1) is 13.7. The number of nitrogens with zero attached hydrogens (tertiary/aromatic N) is 6. The Labute approximate surface area is 164 Å². The Morgan fingerprint density at radius 1 is 0.964 bits per heavy atom. The second-order valence-electron chi connectivity index (χ2n) is 5.94. The fraction of sp³-hybridized carbons (Fsp3) is 0.286. The van der Waals surface area contributed by atoms with E-state index in [1.54, 1.807) is 12.5 Å². The van der Waals surface area contributed by atoms with Crippen molar-refractivity contribution in [1.29, 1.82) is 0 Å². The molecule has 1 N–H and O–H groups in total. The van der Waals surface area contributed by atoms with E-state index in [1.807, 2.05) is 61.9 Å². The minimum atomic E-state index is 0.611. The fourth-order valence-electron chi connectivity index (χ4n) is 2.79. The van der Waals surface area contributed by atoms with Gasteiger partial charge in [-0.3, -0.25) is 9.97 Å². The molecule has 7 nitrogen and oxygen atoms in total. The number of rotatable bonds is 5. The summed E-state index contributed by atoms with van der Waals surface area (Å²) < 4.78 is 2.01. The van der Waals surface area contributed by atoms with Gasteiger partial charge >= 0.3 is 0 Å². The number of nitrogens with one attached hydrogen (secondary N) is 1. The first-order valence-electron chi connectivity index (χ1n) is 9.54. The molecule has 4 rings (SSSR count). The van der Waals surface area contributed by atoms with Crippen molar-refractivity contribution in [3.8, 4) is 11.4 Å². The molecule has 4 aromatic rings. The van der Waals surface area contributed by atoms with Crippen molar-refractivity contribution in [3.05, 3.63) is 60.4 Å². The maximum atomic E-state index is 4.50.